The monoisotopic (exact) mass is 436 g/mol. The molecule has 0 heterocycles. The second-order valence-corrected chi connectivity index (χ2v) is 7.50. The lowest BCUT2D eigenvalue weighted by molar-refractivity contribution is -0.112. The van der Waals surface area contributed by atoms with Gasteiger partial charge in [-0.25, -0.2) is 4.39 Å². The number of hydrogen-bond donors (Lipinski definition) is 3. The number of thiol groups is 1. The van der Waals surface area contributed by atoms with Crippen LogP contribution in [-0.4, -0.2) is 10.9 Å². The Labute approximate surface area is 186 Å². The second kappa shape index (κ2) is 10.2. The van der Waals surface area contributed by atoms with Crippen molar-refractivity contribution in [3.63, 3.8) is 0 Å². The van der Waals surface area contributed by atoms with E-state index in [0.717, 1.165) is 11.1 Å². The molecule has 30 heavy (non-hydrogen) atoms. The number of benzene rings is 1. The number of nitrogens with one attached hydrogen (secondary N) is 2. The molecule has 3 nitrogen and oxygen atoms in total. The maximum atomic E-state index is 13.3. The van der Waals surface area contributed by atoms with E-state index in [2.05, 4.69) is 29.8 Å². The zero-order valence-corrected chi connectivity index (χ0v) is 17.9. The Kier molecular flexibility index (Phi) is 7.38. The zero-order valence-electron chi connectivity index (χ0n) is 16.2. The highest BCUT2D eigenvalue weighted by molar-refractivity contribution is 7.80. The van der Waals surface area contributed by atoms with E-state index in [4.69, 9.17) is 12.2 Å². The number of hydrogen-bond acceptors (Lipinski definition) is 3. The molecule has 0 unspecified atom stereocenters. The summed E-state index contributed by atoms with van der Waals surface area (Å²) in [5, 5.41) is 5.96. The van der Waals surface area contributed by atoms with Crippen molar-refractivity contribution in [3.8, 4) is 0 Å². The van der Waals surface area contributed by atoms with Crippen LogP contribution < -0.4 is 10.6 Å². The summed E-state index contributed by atoms with van der Waals surface area (Å²) in [6, 6.07) is 7.31. The molecule has 0 fully saturated rings. The standard InChI is InChI=1S/C24H21FN2OS2/c1-16(17-6-5-9-20(25)15-14-17)26-24(30)19-8-4-7-18(12-13-19)23(28)27-21-10-2-3-11-22(21)29/h2-3,6-15,29H,1,4-5H2,(H,26,30)(H,27,28). The first-order valence-corrected chi connectivity index (χ1v) is 10.2. The van der Waals surface area contributed by atoms with Crippen LogP contribution in [0.25, 0.3) is 0 Å². The topological polar surface area (TPSA) is 41.1 Å². The molecule has 3 rings (SSSR count). The summed E-state index contributed by atoms with van der Waals surface area (Å²) >= 11 is 9.86. The minimum absolute atomic E-state index is 0.214. The van der Waals surface area contributed by atoms with Crippen LogP contribution in [0.1, 0.15) is 12.8 Å². The number of carbonyl (C=O) groups is 1. The fraction of sp³-hybridized carbons (Fsp3) is 0.0833. The maximum Gasteiger partial charge on any atom is 0.255 e. The molecule has 0 aromatic heterocycles. The molecule has 2 aliphatic carbocycles. The summed E-state index contributed by atoms with van der Waals surface area (Å²) < 4.78 is 13.3. The minimum atomic E-state index is -0.275. The van der Waals surface area contributed by atoms with Gasteiger partial charge < -0.3 is 10.6 Å². The zero-order chi connectivity index (χ0) is 21.5. The van der Waals surface area contributed by atoms with Crippen LogP contribution in [-0.2, 0) is 4.79 Å². The molecule has 1 amide bonds. The summed E-state index contributed by atoms with van der Waals surface area (Å²) in [6.07, 6.45) is 14.8. The minimum Gasteiger partial charge on any atom is -0.346 e. The molecule has 6 heteroatoms. The van der Waals surface area contributed by atoms with Gasteiger partial charge in [-0.2, -0.15) is 0 Å². The third-order valence-electron chi connectivity index (χ3n) is 4.48. The number of thiocarbonyl (C=S) groups is 1. The van der Waals surface area contributed by atoms with Crippen LogP contribution in [0.3, 0.4) is 0 Å². The SMILES string of the molecule is C=C(NC(=S)C1=CCC=C(C(=O)Nc2ccccc2S)C=C1)C1=CCC=C(F)C=C1. The average Bonchev–Trinajstić information content (AvgIpc) is 3.10. The molecule has 2 N–H and O–H groups in total. The fourth-order valence-corrected chi connectivity index (χ4v) is 3.34. The number of allylic oxidation sites excluding steroid dienone is 7. The molecule has 0 radical (unpaired) electrons. The van der Waals surface area contributed by atoms with Gasteiger partial charge in [0.1, 0.15) is 10.8 Å². The second-order valence-electron chi connectivity index (χ2n) is 6.61. The van der Waals surface area contributed by atoms with Crippen LogP contribution in [0, 0.1) is 0 Å². The Bertz CT molecular complexity index is 1070. The first kappa shape index (κ1) is 21.7. The van der Waals surface area contributed by atoms with E-state index >= 15 is 0 Å². The van der Waals surface area contributed by atoms with Crippen molar-refractivity contribution in [3.05, 3.63) is 108 Å². The van der Waals surface area contributed by atoms with Crippen LogP contribution in [0.2, 0.25) is 0 Å². The van der Waals surface area contributed by atoms with E-state index < -0.39 is 0 Å². The third-order valence-corrected chi connectivity index (χ3v) is 5.21. The van der Waals surface area contributed by atoms with E-state index in [9.17, 15) is 9.18 Å². The summed E-state index contributed by atoms with van der Waals surface area (Å²) in [4.78, 5) is 13.8. The lowest BCUT2D eigenvalue weighted by Gasteiger charge is -2.12. The molecule has 0 bridgehead atoms. The van der Waals surface area contributed by atoms with Crippen LogP contribution in [0.4, 0.5) is 10.1 Å². The Balaban J connectivity index is 1.62. The molecule has 1 aromatic rings. The largest absolute Gasteiger partial charge is 0.346 e. The van der Waals surface area contributed by atoms with Gasteiger partial charge in [-0.05, 0) is 48.8 Å². The van der Waals surface area contributed by atoms with Crippen molar-refractivity contribution in [1.82, 2.24) is 5.32 Å². The van der Waals surface area contributed by atoms with E-state index in [-0.39, 0.29) is 11.7 Å². The van der Waals surface area contributed by atoms with Gasteiger partial charge in [-0.3, -0.25) is 4.79 Å². The van der Waals surface area contributed by atoms with Crippen molar-refractivity contribution < 1.29 is 9.18 Å². The van der Waals surface area contributed by atoms with Gasteiger partial charge in [0, 0.05) is 21.7 Å². The highest BCUT2D eigenvalue weighted by atomic mass is 32.1. The molecule has 0 saturated carbocycles. The Morgan fingerprint density at radius 3 is 2.40 bits per heavy atom. The van der Waals surface area contributed by atoms with Gasteiger partial charge >= 0.3 is 0 Å². The van der Waals surface area contributed by atoms with Crippen molar-refractivity contribution >= 4 is 41.4 Å². The van der Waals surface area contributed by atoms with Gasteiger partial charge in [0.25, 0.3) is 5.91 Å². The lowest BCUT2D eigenvalue weighted by Crippen LogP contribution is -2.22. The molecule has 0 atom stereocenters. The Morgan fingerprint density at radius 2 is 1.60 bits per heavy atom. The van der Waals surface area contributed by atoms with Crippen LogP contribution in [0.15, 0.2) is 113 Å². The highest BCUT2D eigenvalue weighted by Gasteiger charge is 2.12. The predicted octanol–water partition coefficient (Wildman–Crippen LogP) is 5.90. The summed E-state index contributed by atoms with van der Waals surface area (Å²) in [5.74, 6) is -0.489. The summed E-state index contributed by atoms with van der Waals surface area (Å²) in [6.45, 7) is 4.00. The van der Waals surface area contributed by atoms with E-state index in [1.165, 1.54) is 12.2 Å². The van der Waals surface area contributed by atoms with Crippen LogP contribution in [0.5, 0.6) is 0 Å². The van der Waals surface area contributed by atoms with Crippen molar-refractivity contribution in [1.29, 1.82) is 0 Å². The lowest BCUT2D eigenvalue weighted by atomic mass is 10.1. The van der Waals surface area contributed by atoms with Gasteiger partial charge in [0.2, 0.25) is 0 Å². The number of rotatable bonds is 5. The third kappa shape index (κ3) is 5.78. The molecular formula is C24H21FN2OS2. The molecular weight excluding hydrogens is 415 g/mol. The Morgan fingerprint density at radius 1 is 0.967 bits per heavy atom. The number of amides is 1. The molecule has 0 spiro atoms. The number of para-hydroxylation sites is 1. The number of carbonyl (C=O) groups excluding carboxylic acids is 1. The normalized spacial score (nSPS) is 15.7. The van der Waals surface area contributed by atoms with E-state index in [0.29, 0.717) is 39.7 Å². The first-order chi connectivity index (χ1) is 14.4. The van der Waals surface area contributed by atoms with Gasteiger partial charge in [-0.1, -0.05) is 61.3 Å². The fourth-order valence-electron chi connectivity index (χ4n) is 2.85. The average molecular weight is 437 g/mol. The highest BCUT2D eigenvalue weighted by Crippen LogP contribution is 2.21. The van der Waals surface area contributed by atoms with Crippen LogP contribution >= 0.6 is 24.8 Å². The van der Waals surface area contributed by atoms with Crippen molar-refractivity contribution in [2.75, 3.05) is 5.32 Å². The Hall–Kier alpha value is -2.96. The smallest absolute Gasteiger partial charge is 0.255 e. The van der Waals surface area contributed by atoms with E-state index in [1.54, 1.807) is 24.3 Å². The molecule has 1 aromatic carbocycles. The summed E-state index contributed by atoms with van der Waals surface area (Å²) in [5.41, 5.74) is 3.34. The molecule has 0 saturated heterocycles. The number of halogens is 1. The van der Waals surface area contributed by atoms with E-state index in [1.807, 2.05) is 36.4 Å². The van der Waals surface area contributed by atoms with Gasteiger partial charge in [0.05, 0.1) is 5.69 Å². The van der Waals surface area contributed by atoms with Crippen molar-refractivity contribution in [2.45, 2.75) is 17.7 Å². The van der Waals surface area contributed by atoms with Crippen molar-refractivity contribution in [2.24, 2.45) is 0 Å². The van der Waals surface area contributed by atoms with Gasteiger partial charge in [0.15, 0.2) is 0 Å². The quantitative estimate of drug-likeness (QED) is 0.398. The van der Waals surface area contributed by atoms with Gasteiger partial charge in [-0.15, -0.1) is 12.6 Å². The first-order valence-electron chi connectivity index (χ1n) is 9.36. The maximum absolute atomic E-state index is 13.3. The predicted molar refractivity (Wildman–Crippen MR) is 128 cm³/mol. The molecule has 0 aliphatic heterocycles. The molecule has 2 aliphatic rings. The summed E-state index contributed by atoms with van der Waals surface area (Å²) in [7, 11) is 0. The number of anilines is 1. The molecule has 152 valence electrons.